The van der Waals surface area contributed by atoms with Crippen molar-refractivity contribution in [3.05, 3.63) is 111 Å². The summed E-state index contributed by atoms with van der Waals surface area (Å²) in [6.07, 6.45) is 4.48. The number of likely N-dealkylation sites (tertiary alicyclic amines) is 1. The van der Waals surface area contributed by atoms with Gasteiger partial charge in [0, 0.05) is 118 Å². The lowest BCUT2D eigenvalue weighted by Crippen LogP contribution is -2.53. The van der Waals surface area contributed by atoms with Crippen LogP contribution in [-0.4, -0.2) is 110 Å². The zero-order chi connectivity index (χ0) is 43.3. The van der Waals surface area contributed by atoms with E-state index in [9.17, 15) is 19.2 Å². The van der Waals surface area contributed by atoms with E-state index in [1.54, 1.807) is 4.90 Å². The topological polar surface area (TPSA) is 134 Å². The van der Waals surface area contributed by atoms with Gasteiger partial charge in [0.15, 0.2) is 0 Å². The van der Waals surface area contributed by atoms with Crippen molar-refractivity contribution in [1.82, 2.24) is 25.4 Å². The Labute approximate surface area is 365 Å². The molecule has 4 aliphatic heterocycles. The van der Waals surface area contributed by atoms with Crippen molar-refractivity contribution < 1.29 is 19.1 Å². The lowest BCUT2D eigenvalue weighted by Gasteiger charge is -2.43. The van der Waals surface area contributed by atoms with Crippen molar-refractivity contribution in [3.63, 3.8) is 0 Å². The van der Waals surface area contributed by atoms with Gasteiger partial charge in [-0.25, -0.2) is 4.79 Å². The fourth-order valence-corrected chi connectivity index (χ4v) is 9.93. The Morgan fingerprint density at radius 1 is 0.823 bits per heavy atom. The van der Waals surface area contributed by atoms with Gasteiger partial charge in [-0.15, -0.1) is 0 Å². The van der Waals surface area contributed by atoms with Crippen LogP contribution in [-0.2, 0) is 22.6 Å². The van der Waals surface area contributed by atoms with E-state index in [1.165, 1.54) is 11.3 Å². The summed E-state index contributed by atoms with van der Waals surface area (Å²) in [6, 6.07) is 23.7. The number of nitrogens with zero attached hydrogens (tertiary/aromatic N) is 5. The molecule has 62 heavy (non-hydrogen) atoms. The summed E-state index contributed by atoms with van der Waals surface area (Å²) in [5.74, 6) is -0.410. The number of piperidine rings is 1. The molecule has 0 atom stereocenters. The molecule has 13 heteroatoms. The molecule has 1 aromatic heterocycles. The van der Waals surface area contributed by atoms with Crippen LogP contribution >= 0.6 is 0 Å². The number of nitrogens with one attached hydrogen (secondary N) is 3. The van der Waals surface area contributed by atoms with Gasteiger partial charge in [0.1, 0.15) is 0 Å². The smallest absolute Gasteiger partial charge is 0.328 e. The maximum absolute atomic E-state index is 14.0. The third-order valence-electron chi connectivity index (χ3n) is 13.5. The molecule has 4 aromatic rings. The van der Waals surface area contributed by atoms with E-state index in [1.807, 2.05) is 45.0 Å². The Hall–Kier alpha value is -5.50. The Kier molecular flexibility index (Phi) is 13.4. The number of hydrogen-bond donors (Lipinski definition) is 3. The number of aromatic nitrogens is 1. The number of amides is 4. The summed E-state index contributed by atoms with van der Waals surface area (Å²) in [5, 5.41) is 5.50. The maximum Gasteiger partial charge on any atom is 0.328 e. The maximum atomic E-state index is 14.0. The predicted molar refractivity (Wildman–Crippen MR) is 245 cm³/mol. The second kappa shape index (κ2) is 19.3. The number of ether oxygens (including phenoxy) is 1. The van der Waals surface area contributed by atoms with Crippen LogP contribution in [0.2, 0.25) is 0 Å². The van der Waals surface area contributed by atoms with Crippen LogP contribution in [0.5, 0.6) is 0 Å². The lowest BCUT2D eigenvalue weighted by atomic mass is 9.95. The van der Waals surface area contributed by atoms with Gasteiger partial charge in [0.25, 0.3) is 11.5 Å². The number of rotatable bonds is 12. The molecule has 4 saturated heterocycles. The fraction of sp³-hybridized carbons (Fsp3) is 0.469. The molecule has 4 aliphatic rings. The van der Waals surface area contributed by atoms with E-state index >= 15 is 0 Å². The van der Waals surface area contributed by atoms with E-state index in [4.69, 9.17) is 4.74 Å². The monoisotopic (exact) mass is 842 g/mol. The molecule has 0 radical (unpaired) electrons. The van der Waals surface area contributed by atoms with Gasteiger partial charge in [0.05, 0.1) is 0 Å². The molecule has 3 aromatic carbocycles. The summed E-state index contributed by atoms with van der Waals surface area (Å²) in [5.41, 5.74) is 9.96. The SMILES string of the molecule is CCN(c1cc(-c2ccc(N3CCN(C4CCN(Cc5cccc(N6CCC(=O)NC6=O)c5)CC4)CC3)cc2)cc(C(=O)NCc2c(C)cc(C)[nH]c2=O)c1C)C1CCOCC1. The molecular formula is C49H62N8O5. The second-order valence-electron chi connectivity index (χ2n) is 17.4. The van der Waals surface area contributed by atoms with Gasteiger partial charge in [-0.3, -0.25) is 34.4 Å². The third kappa shape index (κ3) is 9.75. The van der Waals surface area contributed by atoms with Gasteiger partial charge in [0.2, 0.25) is 5.91 Å². The quantitative estimate of drug-likeness (QED) is 0.154. The highest BCUT2D eigenvalue weighted by Crippen LogP contribution is 2.35. The largest absolute Gasteiger partial charge is 0.381 e. The van der Waals surface area contributed by atoms with E-state index in [0.717, 1.165) is 131 Å². The second-order valence-corrected chi connectivity index (χ2v) is 17.4. The Morgan fingerprint density at radius 2 is 1.56 bits per heavy atom. The average molecular weight is 843 g/mol. The highest BCUT2D eigenvalue weighted by atomic mass is 16.5. The molecule has 0 spiro atoms. The number of urea groups is 1. The Balaban J connectivity index is 0.900. The number of imide groups is 1. The minimum atomic E-state index is -0.347. The number of aromatic amines is 1. The van der Waals surface area contributed by atoms with E-state index < -0.39 is 0 Å². The average Bonchev–Trinajstić information content (AvgIpc) is 3.27. The zero-order valence-corrected chi connectivity index (χ0v) is 36.8. The van der Waals surface area contributed by atoms with Crippen molar-refractivity contribution >= 4 is 34.9 Å². The van der Waals surface area contributed by atoms with Gasteiger partial charge in [-0.05, 0) is 137 Å². The summed E-state index contributed by atoms with van der Waals surface area (Å²) in [6.45, 7) is 17.8. The summed E-state index contributed by atoms with van der Waals surface area (Å²) in [4.78, 5) is 65.5. The number of carbonyl (C=O) groups is 3. The van der Waals surface area contributed by atoms with Crippen molar-refractivity contribution in [1.29, 1.82) is 0 Å². The number of pyridine rings is 1. The van der Waals surface area contributed by atoms with Crippen molar-refractivity contribution in [3.8, 4) is 11.1 Å². The van der Waals surface area contributed by atoms with Gasteiger partial charge in [-0.2, -0.15) is 0 Å². The van der Waals surface area contributed by atoms with E-state index in [0.29, 0.717) is 36.2 Å². The van der Waals surface area contributed by atoms with Crippen LogP contribution in [0.3, 0.4) is 0 Å². The predicted octanol–water partition coefficient (Wildman–Crippen LogP) is 6.14. The molecular weight excluding hydrogens is 781 g/mol. The molecule has 0 saturated carbocycles. The highest BCUT2D eigenvalue weighted by Gasteiger charge is 2.29. The zero-order valence-electron chi connectivity index (χ0n) is 36.8. The molecule has 4 fully saturated rings. The molecule has 8 rings (SSSR count). The van der Waals surface area contributed by atoms with E-state index in [-0.39, 0.29) is 29.9 Å². The Morgan fingerprint density at radius 3 is 2.26 bits per heavy atom. The van der Waals surface area contributed by atoms with Gasteiger partial charge < -0.3 is 24.8 Å². The first-order valence-corrected chi connectivity index (χ1v) is 22.5. The minimum Gasteiger partial charge on any atom is -0.381 e. The summed E-state index contributed by atoms with van der Waals surface area (Å²) >= 11 is 0. The van der Waals surface area contributed by atoms with Gasteiger partial charge >= 0.3 is 6.03 Å². The fourth-order valence-electron chi connectivity index (χ4n) is 9.93. The molecule has 328 valence electrons. The highest BCUT2D eigenvalue weighted by molar-refractivity contribution is 6.05. The molecule has 5 heterocycles. The van der Waals surface area contributed by atoms with Crippen molar-refractivity contribution in [2.75, 3.05) is 80.3 Å². The van der Waals surface area contributed by atoms with Crippen molar-refractivity contribution in [2.24, 2.45) is 0 Å². The molecule has 13 nitrogen and oxygen atoms in total. The molecule has 0 unspecified atom stereocenters. The van der Waals surface area contributed by atoms with Crippen molar-refractivity contribution in [2.45, 2.75) is 85.0 Å². The van der Waals surface area contributed by atoms with E-state index in [2.05, 4.69) is 84.6 Å². The number of carbonyl (C=O) groups excluding carboxylic acids is 3. The molecule has 4 amide bonds. The number of anilines is 3. The first-order chi connectivity index (χ1) is 30.0. The standard InChI is InChI=1S/C49H62N8O5/c1-5-56(41-16-25-62-26-17-41)45-30-38(29-43(35(45)4)47(59)50-31-44-33(2)27-34(3)51-48(44)60)37-9-11-39(12-10-37)54-21-23-55(24-22-54)40-13-18-53(19-14-40)32-36-7-6-8-42(28-36)57-20-15-46(58)52-49(57)61/h6-12,27-30,40-41H,5,13-26,31-32H2,1-4H3,(H,50,59)(H,51,60)(H,52,58,61). The Bertz CT molecular complexity index is 2310. The van der Waals surface area contributed by atoms with Crippen LogP contribution in [0.1, 0.15) is 77.3 Å². The number of H-pyrrole nitrogens is 1. The number of hydrogen-bond acceptors (Lipinski definition) is 9. The van der Waals surface area contributed by atoms with Crippen LogP contribution in [0.4, 0.5) is 21.9 Å². The third-order valence-corrected chi connectivity index (χ3v) is 13.5. The molecule has 3 N–H and O–H groups in total. The first-order valence-electron chi connectivity index (χ1n) is 22.5. The van der Waals surface area contributed by atoms with Crippen LogP contribution < -0.4 is 30.9 Å². The number of benzene rings is 3. The number of piperazine rings is 1. The van der Waals surface area contributed by atoms with Crippen LogP contribution in [0, 0.1) is 20.8 Å². The summed E-state index contributed by atoms with van der Waals surface area (Å²) < 4.78 is 5.71. The van der Waals surface area contributed by atoms with Crippen LogP contribution in [0.15, 0.2) is 71.5 Å². The number of aryl methyl sites for hydroxylation is 2. The normalized spacial score (nSPS) is 18.5. The summed E-state index contributed by atoms with van der Waals surface area (Å²) in [7, 11) is 0. The first kappa shape index (κ1) is 43.2. The molecule has 0 bridgehead atoms. The molecule has 0 aliphatic carbocycles. The van der Waals surface area contributed by atoms with Crippen LogP contribution in [0.25, 0.3) is 11.1 Å². The van der Waals surface area contributed by atoms with Gasteiger partial charge in [-0.1, -0.05) is 24.3 Å². The minimum absolute atomic E-state index is 0.154. The lowest BCUT2D eigenvalue weighted by molar-refractivity contribution is -0.120.